The second kappa shape index (κ2) is 5.47. The molecule has 15 heavy (non-hydrogen) atoms. The van der Waals surface area contributed by atoms with Crippen LogP contribution < -0.4 is 5.73 Å². The largest absolute Gasteiger partial charge is 0.326 e. The Hall–Kier alpha value is -1.41. The molecule has 0 amide bonds. The van der Waals surface area contributed by atoms with Gasteiger partial charge in [0, 0.05) is 24.3 Å². The van der Waals surface area contributed by atoms with Crippen molar-refractivity contribution in [2.45, 2.75) is 27.3 Å². The summed E-state index contributed by atoms with van der Waals surface area (Å²) in [7, 11) is 0. The van der Waals surface area contributed by atoms with E-state index in [9.17, 15) is 0 Å². The summed E-state index contributed by atoms with van der Waals surface area (Å²) < 4.78 is 0. The number of nitrogens with zero attached hydrogens (tertiary/aromatic N) is 1. The van der Waals surface area contributed by atoms with E-state index in [1.807, 2.05) is 32.3 Å². The molecule has 0 saturated carbocycles. The molecule has 2 heteroatoms. The lowest BCUT2D eigenvalue weighted by atomic mass is 10.0. The highest BCUT2D eigenvalue weighted by Gasteiger charge is 1.98. The number of nitrogens with two attached hydrogens (primary N) is 1. The van der Waals surface area contributed by atoms with Crippen LogP contribution in [0.25, 0.3) is 10.8 Å². The normalized spacial score (nSPS) is 9.60. The van der Waals surface area contributed by atoms with Gasteiger partial charge in [-0.25, -0.2) is 0 Å². The summed E-state index contributed by atoms with van der Waals surface area (Å²) in [6.45, 7) is 6.68. The SMILES string of the molecule is CC.Cc1cc2ccncc2cc1CN. The fourth-order valence-corrected chi connectivity index (χ4v) is 1.52. The van der Waals surface area contributed by atoms with Gasteiger partial charge in [-0.2, -0.15) is 0 Å². The molecule has 0 radical (unpaired) electrons. The van der Waals surface area contributed by atoms with Gasteiger partial charge in [0.1, 0.15) is 0 Å². The Kier molecular flexibility index (Phi) is 4.25. The molecule has 0 spiro atoms. The summed E-state index contributed by atoms with van der Waals surface area (Å²) in [4.78, 5) is 4.08. The summed E-state index contributed by atoms with van der Waals surface area (Å²) in [6, 6.07) is 6.28. The van der Waals surface area contributed by atoms with Crippen molar-refractivity contribution in [3.63, 3.8) is 0 Å². The van der Waals surface area contributed by atoms with Crippen LogP contribution in [0.15, 0.2) is 30.6 Å². The number of aromatic nitrogens is 1. The van der Waals surface area contributed by atoms with Crippen LogP contribution in [-0.4, -0.2) is 4.98 Å². The number of aryl methyl sites for hydroxylation is 1. The monoisotopic (exact) mass is 202 g/mol. The van der Waals surface area contributed by atoms with Crippen LogP contribution in [0, 0.1) is 6.92 Å². The standard InChI is InChI=1S/C11H12N2.C2H6/c1-8-4-9-2-3-13-7-11(9)5-10(8)6-12;1-2/h2-5,7H,6,12H2,1H3;1-2H3. The molecule has 0 saturated heterocycles. The van der Waals surface area contributed by atoms with E-state index in [0.717, 1.165) is 5.39 Å². The van der Waals surface area contributed by atoms with Crippen molar-refractivity contribution < 1.29 is 0 Å². The van der Waals surface area contributed by atoms with E-state index in [2.05, 4.69) is 24.0 Å². The summed E-state index contributed by atoms with van der Waals surface area (Å²) >= 11 is 0. The predicted octanol–water partition coefficient (Wildman–Crippen LogP) is 3.03. The predicted molar refractivity (Wildman–Crippen MR) is 65.7 cm³/mol. The van der Waals surface area contributed by atoms with Crippen molar-refractivity contribution in [1.82, 2.24) is 4.98 Å². The van der Waals surface area contributed by atoms with E-state index in [1.165, 1.54) is 16.5 Å². The zero-order chi connectivity index (χ0) is 11.3. The Labute approximate surface area is 91.1 Å². The fraction of sp³-hybridized carbons (Fsp3) is 0.308. The maximum atomic E-state index is 5.62. The van der Waals surface area contributed by atoms with Gasteiger partial charge in [0.15, 0.2) is 0 Å². The number of rotatable bonds is 1. The number of pyridine rings is 1. The van der Waals surface area contributed by atoms with Gasteiger partial charge in [0.2, 0.25) is 0 Å². The Bertz CT molecular complexity index is 435. The topological polar surface area (TPSA) is 38.9 Å². The van der Waals surface area contributed by atoms with Crippen molar-refractivity contribution in [1.29, 1.82) is 0 Å². The van der Waals surface area contributed by atoms with Crippen molar-refractivity contribution in [2.24, 2.45) is 5.73 Å². The molecule has 0 aliphatic heterocycles. The molecule has 0 unspecified atom stereocenters. The highest BCUT2D eigenvalue weighted by molar-refractivity contribution is 5.83. The Balaban J connectivity index is 0.000000531. The lowest BCUT2D eigenvalue weighted by Gasteiger charge is -2.04. The van der Waals surface area contributed by atoms with E-state index in [-0.39, 0.29) is 0 Å². The minimum atomic E-state index is 0.594. The molecule has 2 aromatic rings. The van der Waals surface area contributed by atoms with Crippen molar-refractivity contribution >= 4 is 10.8 Å². The average molecular weight is 202 g/mol. The molecule has 1 aromatic carbocycles. The first kappa shape index (κ1) is 11.7. The summed E-state index contributed by atoms with van der Waals surface area (Å²) in [5, 5.41) is 2.39. The van der Waals surface area contributed by atoms with Crippen LogP contribution in [0.2, 0.25) is 0 Å². The molecule has 0 aliphatic rings. The number of benzene rings is 1. The molecule has 1 heterocycles. The molecule has 0 atom stereocenters. The molecular weight excluding hydrogens is 184 g/mol. The van der Waals surface area contributed by atoms with Crippen LogP contribution in [0.3, 0.4) is 0 Å². The van der Waals surface area contributed by atoms with Gasteiger partial charge >= 0.3 is 0 Å². The molecule has 1 aromatic heterocycles. The van der Waals surface area contributed by atoms with Crippen molar-refractivity contribution in [3.8, 4) is 0 Å². The number of fused-ring (bicyclic) bond motifs is 1. The van der Waals surface area contributed by atoms with Gasteiger partial charge in [0.05, 0.1) is 0 Å². The first-order valence-electron chi connectivity index (χ1n) is 5.34. The first-order valence-corrected chi connectivity index (χ1v) is 5.34. The molecular formula is C13H18N2. The van der Waals surface area contributed by atoms with Crippen LogP contribution in [0.1, 0.15) is 25.0 Å². The summed E-state index contributed by atoms with van der Waals surface area (Å²) in [6.07, 6.45) is 3.68. The van der Waals surface area contributed by atoms with Gasteiger partial charge in [-0.1, -0.05) is 19.9 Å². The highest BCUT2D eigenvalue weighted by Crippen LogP contribution is 2.17. The third-order valence-corrected chi connectivity index (χ3v) is 2.32. The second-order valence-electron chi connectivity index (χ2n) is 3.21. The Morgan fingerprint density at radius 2 is 1.93 bits per heavy atom. The van der Waals surface area contributed by atoms with Gasteiger partial charge in [-0.05, 0) is 35.6 Å². The van der Waals surface area contributed by atoms with E-state index < -0.39 is 0 Å². The lowest BCUT2D eigenvalue weighted by Crippen LogP contribution is -1.98. The molecule has 0 aliphatic carbocycles. The minimum Gasteiger partial charge on any atom is -0.326 e. The van der Waals surface area contributed by atoms with Gasteiger partial charge in [0.25, 0.3) is 0 Å². The molecule has 2 rings (SSSR count). The highest BCUT2D eigenvalue weighted by atomic mass is 14.6. The Morgan fingerprint density at radius 3 is 2.60 bits per heavy atom. The zero-order valence-corrected chi connectivity index (χ0v) is 9.62. The van der Waals surface area contributed by atoms with E-state index in [0.29, 0.717) is 6.54 Å². The van der Waals surface area contributed by atoms with E-state index >= 15 is 0 Å². The van der Waals surface area contributed by atoms with Gasteiger partial charge in [-0.3, -0.25) is 4.98 Å². The molecule has 0 bridgehead atoms. The molecule has 80 valence electrons. The van der Waals surface area contributed by atoms with Crippen LogP contribution in [-0.2, 0) is 6.54 Å². The minimum absolute atomic E-state index is 0.594. The maximum Gasteiger partial charge on any atom is 0.0346 e. The van der Waals surface area contributed by atoms with E-state index in [1.54, 1.807) is 0 Å². The van der Waals surface area contributed by atoms with Gasteiger partial charge < -0.3 is 5.73 Å². The third kappa shape index (κ3) is 2.54. The van der Waals surface area contributed by atoms with E-state index in [4.69, 9.17) is 5.73 Å². The average Bonchev–Trinajstić information content (AvgIpc) is 2.31. The van der Waals surface area contributed by atoms with Crippen molar-refractivity contribution in [3.05, 3.63) is 41.7 Å². The summed E-state index contributed by atoms with van der Waals surface area (Å²) in [5.41, 5.74) is 8.07. The second-order valence-corrected chi connectivity index (χ2v) is 3.21. The van der Waals surface area contributed by atoms with Gasteiger partial charge in [-0.15, -0.1) is 0 Å². The maximum absolute atomic E-state index is 5.62. The Morgan fingerprint density at radius 1 is 1.20 bits per heavy atom. The first-order chi connectivity index (χ1) is 7.31. The quantitative estimate of drug-likeness (QED) is 0.772. The van der Waals surface area contributed by atoms with Crippen LogP contribution in [0.4, 0.5) is 0 Å². The molecule has 2 nitrogen and oxygen atoms in total. The zero-order valence-electron chi connectivity index (χ0n) is 9.62. The molecule has 0 fully saturated rings. The smallest absolute Gasteiger partial charge is 0.0346 e. The fourth-order valence-electron chi connectivity index (χ4n) is 1.52. The number of hydrogen-bond donors (Lipinski definition) is 1. The lowest BCUT2D eigenvalue weighted by molar-refractivity contribution is 1.05. The molecule has 2 N–H and O–H groups in total. The van der Waals surface area contributed by atoms with Crippen molar-refractivity contribution in [2.75, 3.05) is 0 Å². The summed E-state index contributed by atoms with van der Waals surface area (Å²) in [5.74, 6) is 0. The van der Waals surface area contributed by atoms with Crippen LogP contribution in [0.5, 0.6) is 0 Å². The number of hydrogen-bond acceptors (Lipinski definition) is 2. The van der Waals surface area contributed by atoms with Crippen LogP contribution >= 0.6 is 0 Å². The third-order valence-electron chi connectivity index (χ3n) is 2.32.